The summed E-state index contributed by atoms with van der Waals surface area (Å²) >= 11 is 3.35. The summed E-state index contributed by atoms with van der Waals surface area (Å²) in [5.41, 5.74) is 1.44. The van der Waals surface area contributed by atoms with E-state index >= 15 is 0 Å². The van der Waals surface area contributed by atoms with Gasteiger partial charge in [0.25, 0.3) is 5.91 Å². The van der Waals surface area contributed by atoms with Gasteiger partial charge in [0.15, 0.2) is 5.82 Å². The van der Waals surface area contributed by atoms with Crippen LogP contribution in [0.2, 0.25) is 0 Å². The van der Waals surface area contributed by atoms with E-state index in [-0.39, 0.29) is 18.2 Å². The molecule has 0 bridgehead atoms. The molecule has 28 heavy (non-hydrogen) atoms. The largest absolute Gasteiger partial charge is 0.497 e. The third-order valence-electron chi connectivity index (χ3n) is 4.32. The predicted octanol–water partition coefficient (Wildman–Crippen LogP) is 3.24. The molecule has 0 saturated carbocycles. The molecule has 1 aliphatic heterocycles. The van der Waals surface area contributed by atoms with Gasteiger partial charge in [-0.25, -0.2) is 4.68 Å². The maximum atomic E-state index is 12.4. The molecule has 2 N–H and O–H groups in total. The number of hydrogen-bond donors (Lipinski definition) is 2. The van der Waals surface area contributed by atoms with Gasteiger partial charge in [0, 0.05) is 15.7 Å². The first kappa shape index (κ1) is 18.2. The van der Waals surface area contributed by atoms with Crippen LogP contribution in [0.15, 0.2) is 53.0 Å². The molecule has 142 valence electrons. The van der Waals surface area contributed by atoms with Gasteiger partial charge >= 0.3 is 0 Å². The second kappa shape index (κ2) is 7.43. The molecule has 0 fully saturated rings. The number of aromatic nitrogens is 3. The smallest absolute Gasteiger partial charge is 0.252 e. The van der Waals surface area contributed by atoms with Gasteiger partial charge < -0.3 is 10.1 Å². The van der Waals surface area contributed by atoms with Crippen molar-refractivity contribution in [2.24, 2.45) is 0 Å². The van der Waals surface area contributed by atoms with Gasteiger partial charge in [0.1, 0.15) is 11.8 Å². The number of halogens is 1. The number of nitrogens with zero attached hydrogens (tertiary/aromatic N) is 3. The van der Waals surface area contributed by atoms with Crippen molar-refractivity contribution < 1.29 is 14.3 Å². The Morgan fingerprint density at radius 2 is 1.93 bits per heavy atom. The fourth-order valence-electron chi connectivity index (χ4n) is 2.89. The highest BCUT2D eigenvalue weighted by Gasteiger charge is 2.35. The van der Waals surface area contributed by atoms with Crippen LogP contribution in [-0.4, -0.2) is 33.7 Å². The Kier molecular flexibility index (Phi) is 4.82. The average Bonchev–Trinajstić information content (AvgIpc) is 3.22. The lowest BCUT2D eigenvalue weighted by Gasteiger charge is -2.10. The summed E-state index contributed by atoms with van der Waals surface area (Å²) in [4.78, 5) is 29.0. The summed E-state index contributed by atoms with van der Waals surface area (Å²) in [6.45, 7) is 0. The molecule has 1 atom stereocenters. The molecule has 2 amide bonds. The molecular formula is C19H16BrN5O3. The van der Waals surface area contributed by atoms with Gasteiger partial charge in [0.05, 0.1) is 13.5 Å². The van der Waals surface area contributed by atoms with Gasteiger partial charge in [-0.3, -0.25) is 14.9 Å². The summed E-state index contributed by atoms with van der Waals surface area (Å²) in [7, 11) is 1.60. The number of methoxy groups -OCH3 is 1. The maximum absolute atomic E-state index is 12.4. The SMILES string of the molecule is COc1ccc(-c2nc3n(n2)[C@H](CC(=O)Nc2ccc(Br)cc2)C(=O)N3)cc1. The highest BCUT2D eigenvalue weighted by molar-refractivity contribution is 9.10. The molecule has 9 heteroatoms. The molecule has 0 saturated heterocycles. The molecule has 4 rings (SSSR count). The fourth-order valence-corrected chi connectivity index (χ4v) is 3.16. The molecule has 0 unspecified atom stereocenters. The zero-order valence-corrected chi connectivity index (χ0v) is 16.4. The molecule has 3 aromatic rings. The first-order chi connectivity index (χ1) is 13.5. The number of ether oxygens (including phenoxy) is 1. The van der Waals surface area contributed by atoms with Crippen LogP contribution in [0, 0.1) is 0 Å². The van der Waals surface area contributed by atoms with Crippen LogP contribution in [0.4, 0.5) is 11.6 Å². The van der Waals surface area contributed by atoms with Crippen LogP contribution < -0.4 is 15.4 Å². The van der Waals surface area contributed by atoms with Crippen LogP contribution >= 0.6 is 15.9 Å². The lowest BCUT2D eigenvalue weighted by Crippen LogP contribution is -2.23. The Morgan fingerprint density at radius 3 is 2.61 bits per heavy atom. The van der Waals surface area contributed by atoms with E-state index in [1.807, 2.05) is 36.4 Å². The van der Waals surface area contributed by atoms with Crippen molar-refractivity contribution in [3.05, 3.63) is 53.0 Å². The van der Waals surface area contributed by atoms with E-state index in [1.165, 1.54) is 4.68 Å². The number of nitrogens with one attached hydrogen (secondary N) is 2. The summed E-state index contributed by atoms with van der Waals surface area (Å²) < 4.78 is 7.52. The number of hydrogen-bond acceptors (Lipinski definition) is 5. The monoisotopic (exact) mass is 441 g/mol. The molecule has 1 aliphatic rings. The highest BCUT2D eigenvalue weighted by Crippen LogP contribution is 2.29. The zero-order chi connectivity index (χ0) is 19.7. The van der Waals surface area contributed by atoms with E-state index < -0.39 is 6.04 Å². The van der Waals surface area contributed by atoms with Crippen molar-refractivity contribution in [2.45, 2.75) is 12.5 Å². The minimum Gasteiger partial charge on any atom is -0.497 e. The standard InChI is InChI=1S/C19H16BrN5O3/c1-28-14-8-2-11(3-9-14)17-22-19-23-18(27)15(25(19)24-17)10-16(26)21-13-6-4-12(20)5-7-13/h2-9,15H,10H2,1H3,(H,21,26)(H,22,23,24,27)/t15-/m1/s1. The summed E-state index contributed by atoms with van der Waals surface area (Å²) in [6, 6.07) is 13.8. The molecule has 1 aromatic heterocycles. The minimum absolute atomic E-state index is 0.0414. The van der Waals surface area contributed by atoms with Gasteiger partial charge in [-0.2, -0.15) is 4.98 Å². The van der Waals surface area contributed by atoms with Crippen LogP contribution in [0.5, 0.6) is 5.75 Å². The molecule has 0 spiro atoms. The average molecular weight is 442 g/mol. The third-order valence-corrected chi connectivity index (χ3v) is 4.85. The Morgan fingerprint density at radius 1 is 1.21 bits per heavy atom. The lowest BCUT2D eigenvalue weighted by molar-refractivity contribution is -0.123. The van der Waals surface area contributed by atoms with Crippen LogP contribution in [-0.2, 0) is 9.59 Å². The van der Waals surface area contributed by atoms with Crippen molar-refractivity contribution >= 4 is 39.4 Å². The molecule has 0 aliphatic carbocycles. The van der Waals surface area contributed by atoms with Crippen molar-refractivity contribution in [3.63, 3.8) is 0 Å². The number of benzene rings is 2. The first-order valence-corrected chi connectivity index (χ1v) is 9.30. The minimum atomic E-state index is -0.745. The van der Waals surface area contributed by atoms with E-state index in [4.69, 9.17) is 4.74 Å². The van der Waals surface area contributed by atoms with Gasteiger partial charge in [-0.05, 0) is 48.5 Å². The molecular weight excluding hydrogens is 426 g/mol. The van der Waals surface area contributed by atoms with Crippen molar-refractivity contribution in [3.8, 4) is 17.1 Å². The maximum Gasteiger partial charge on any atom is 0.252 e. The number of rotatable bonds is 5. The number of amides is 2. The van der Waals surface area contributed by atoms with Crippen LogP contribution in [0.3, 0.4) is 0 Å². The van der Waals surface area contributed by atoms with Gasteiger partial charge in [-0.15, -0.1) is 5.10 Å². The van der Waals surface area contributed by atoms with E-state index in [0.29, 0.717) is 17.5 Å². The molecule has 2 aromatic carbocycles. The number of anilines is 2. The Balaban J connectivity index is 1.50. The number of carbonyl (C=O) groups is 2. The zero-order valence-electron chi connectivity index (χ0n) is 14.8. The van der Waals surface area contributed by atoms with Crippen molar-refractivity contribution in [1.29, 1.82) is 0 Å². The van der Waals surface area contributed by atoms with Crippen molar-refractivity contribution in [2.75, 3.05) is 17.7 Å². The van der Waals surface area contributed by atoms with E-state index in [1.54, 1.807) is 19.2 Å². The Labute approximate surface area is 169 Å². The number of fused-ring (bicyclic) bond motifs is 1. The lowest BCUT2D eigenvalue weighted by atomic mass is 10.2. The second-order valence-electron chi connectivity index (χ2n) is 6.20. The fraction of sp³-hybridized carbons (Fsp3) is 0.158. The normalized spacial score (nSPS) is 15.1. The molecule has 2 heterocycles. The van der Waals surface area contributed by atoms with E-state index in [0.717, 1.165) is 15.8 Å². The topological polar surface area (TPSA) is 98.1 Å². The number of carbonyl (C=O) groups excluding carboxylic acids is 2. The summed E-state index contributed by atoms with van der Waals surface area (Å²) in [6.07, 6.45) is -0.0414. The van der Waals surface area contributed by atoms with Crippen LogP contribution in [0.25, 0.3) is 11.4 Å². The van der Waals surface area contributed by atoms with E-state index in [2.05, 4.69) is 36.6 Å². The first-order valence-electron chi connectivity index (χ1n) is 8.51. The van der Waals surface area contributed by atoms with Crippen LogP contribution in [0.1, 0.15) is 12.5 Å². The second-order valence-corrected chi connectivity index (χ2v) is 7.11. The Hall–Kier alpha value is -3.20. The molecule has 0 radical (unpaired) electrons. The summed E-state index contributed by atoms with van der Waals surface area (Å²) in [5, 5.41) is 9.88. The van der Waals surface area contributed by atoms with E-state index in [9.17, 15) is 9.59 Å². The quantitative estimate of drug-likeness (QED) is 0.633. The van der Waals surface area contributed by atoms with Crippen molar-refractivity contribution in [1.82, 2.24) is 14.8 Å². The van der Waals surface area contributed by atoms with Gasteiger partial charge in [-0.1, -0.05) is 15.9 Å². The summed E-state index contributed by atoms with van der Waals surface area (Å²) in [5.74, 6) is 0.943. The third kappa shape index (κ3) is 3.61. The Bertz CT molecular complexity index is 1030. The molecule has 8 nitrogen and oxygen atoms in total. The van der Waals surface area contributed by atoms with Gasteiger partial charge in [0.2, 0.25) is 11.9 Å². The highest BCUT2D eigenvalue weighted by atomic mass is 79.9. The predicted molar refractivity (Wildman–Crippen MR) is 107 cm³/mol.